The SMILES string of the molecule is Cc1cccc(C(=O)NC(=NCC2CCCO2)Nc2ccccc2)c1. The number of aliphatic imine (C=N–C) groups is 1. The molecule has 1 amide bonds. The number of ether oxygens (including phenoxy) is 1. The van der Waals surface area contributed by atoms with Gasteiger partial charge in [-0.15, -0.1) is 0 Å². The van der Waals surface area contributed by atoms with E-state index in [0.29, 0.717) is 18.1 Å². The summed E-state index contributed by atoms with van der Waals surface area (Å²) in [5, 5.41) is 6.06. The van der Waals surface area contributed by atoms with E-state index >= 15 is 0 Å². The number of benzene rings is 2. The summed E-state index contributed by atoms with van der Waals surface area (Å²) in [4.78, 5) is 17.1. The van der Waals surface area contributed by atoms with Crippen molar-refractivity contribution < 1.29 is 9.53 Å². The number of nitrogens with one attached hydrogen (secondary N) is 2. The Balaban J connectivity index is 1.72. The second-order valence-corrected chi connectivity index (χ2v) is 6.14. The van der Waals surface area contributed by atoms with Crippen LogP contribution < -0.4 is 10.6 Å². The first-order chi connectivity index (χ1) is 12.2. The lowest BCUT2D eigenvalue weighted by atomic mass is 10.1. The Bertz CT molecular complexity index is 738. The molecular formula is C20H23N3O2. The maximum absolute atomic E-state index is 12.5. The Morgan fingerprint density at radius 2 is 2.04 bits per heavy atom. The summed E-state index contributed by atoms with van der Waals surface area (Å²) in [6.07, 6.45) is 2.20. The van der Waals surface area contributed by atoms with Gasteiger partial charge in [-0.05, 0) is 44.0 Å². The van der Waals surface area contributed by atoms with Crippen molar-refractivity contribution in [2.75, 3.05) is 18.5 Å². The van der Waals surface area contributed by atoms with Crippen molar-refractivity contribution in [1.29, 1.82) is 0 Å². The lowest BCUT2D eigenvalue weighted by Gasteiger charge is -2.13. The minimum Gasteiger partial charge on any atom is -0.376 e. The number of aryl methyl sites for hydroxylation is 1. The van der Waals surface area contributed by atoms with E-state index < -0.39 is 0 Å². The molecule has 5 heteroatoms. The third-order valence-corrected chi connectivity index (χ3v) is 4.03. The summed E-state index contributed by atoms with van der Waals surface area (Å²) >= 11 is 0. The van der Waals surface area contributed by atoms with Gasteiger partial charge >= 0.3 is 0 Å². The predicted octanol–water partition coefficient (Wildman–Crippen LogP) is 3.37. The van der Waals surface area contributed by atoms with Gasteiger partial charge in [0, 0.05) is 17.9 Å². The molecule has 1 saturated heterocycles. The van der Waals surface area contributed by atoms with Gasteiger partial charge < -0.3 is 10.1 Å². The Morgan fingerprint density at radius 1 is 1.20 bits per heavy atom. The minimum atomic E-state index is -0.182. The fourth-order valence-electron chi connectivity index (χ4n) is 2.72. The third-order valence-electron chi connectivity index (χ3n) is 4.03. The van der Waals surface area contributed by atoms with Gasteiger partial charge in [0.1, 0.15) is 0 Å². The lowest BCUT2D eigenvalue weighted by molar-refractivity contribution is 0.0975. The third kappa shape index (κ3) is 5.16. The lowest BCUT2D eigenvalue weighted by Crippen LogP contribution is -2.36. The van der Waals surface area contributed by atoms with Crippen molar-refractivity contribution in [2.24, 2.45) is 4.99 Å². The van der Waals surface area contributed by atoms with Gasteiger partial charge in [-0.1, -0.05) is 35.9 Å². The quantitative estimate of drug-likeness (QED) is 0.664. The van der Waals surface area contributed by atoms with Crippen molar-refractivity contribution in [1.82, 2.24) is 5.32 Å². The highest BCUT2D eigenvalue weighted by Crippen LogP contribution is 2.12. The van der Waals surface area contributed by atoms with Gasteiger partial charge in [0.15, 0.2) is 0 Å². The van der Waals surface area contributed by atoms with E-state index in [-0.39, 0.29) is 12.0 Å². The van der Waals surface area contributed by atoms with Crippen molar-refractivity contribution in [2.45, 2.75) is 25.9 Å². The minimum absolute atomic E-state index is 0.128. The highest BCUT2D eigenvalue weighted by Gasteiger charge is 2.16. The molecule has 0 saturated carbocycles. The van der Waals surface area contributed by atoms with Crippen molar-refractivity contribution in [3.63, 3.8) is 0 Å². The van der Waals surface area contributed by atoms with Crippen LogP contribution >= 0.6 is 0 Å². The van der Waals surface area contributed by atoms with Crippen LogP contribution in [-0.4, -0.2) is 31.1 Å². The number of hydrogen-bond donors (Lipinski definition) is 2. The monoisotopic (exact) mass is 337 g/mol. The molecule has 1 atom stereocenters. The van der Waals surface area contributed by atoms with Gasteiger partial charge in [-0.2, -0.15) is 0 Å². The second kappa shape index (κ2) is 8.44. The summed E-state index contributed by atoms with van der Waals surface area (Å²) < 4.78 is 5.61. The van der Waals surface area contributed by atoms with Crippen LogP contribution in [0.15, 0.2) is 59.6 Å². The molecule has 25 heavy (non-hydrogen) atoms. The molecular weight excluding hydrogens is 314 g/mol. The Morgan fingerprint density at radius 3 is 2.76 bits per heavy atom. The molecule has 3 rings (SSSR count). The zero-order chi connectivity index (χ0) is 17.5. The van der Waals surface area contributed by atoms with Gasteiger partial charge in [0.05, 0.1) is 12.6 Å². The van der Waals surface area contributed by atoms with Crippen LogP contribution in [-0.2, 0) is 4.74 Å². The van der Waals surface area contributed by atoms with Crippen LogP contribution in [0.1, 0.15) is 28.8 Å². The van der Waals surface area contributed by atoms with E-state index in [1.54, 1.807) is 6.07 Å². The van der Waals surface area contributed by atoms with Crippen LogP contribution in [0.5, 0.6) is 0 Å². The molecule has 1 heterocycles. The summed E-state index contributed by atoms with van der Waals surface area (Å²) in [6, 6.07) is 17.2. The van der Waals surface area contributed by atoms with E-state index in [0.717, 1.165) is 30.7 Å². The van der Waals surface area contributed by atoms with Crippen LogP contribution in [0.2, 0.25) is 0 Å². The number of hydrogen-bond acceptors (Lipinski definition) is 3. The number of para-hydroxylation sites is 1. The molecule has 1 unspecified atom stereocenters. The van der Waals surface area contributed by atoms with E-state index in [1.165, 1.54) is 0 Å². The molecule has 0 spiro atoms. The molecule has 1 fully saturated rings. The zero-order valence-electron chi connectivity index (χ0n) is 14.4. The summed E-state index contributed by atoms with van der Waals surface area (Å²) in [6.45, 7) is 3.28. The largest absolute Gasteiger partial charge is 0.376 e. The first-order valence-corrected chi connectivity index (χ1v) is 8.57. The van der Waals surface area contributed by atoms with Crippen LogP contribution in [0.3, 0.4) is 0 Å². The molecule has 0 aromatic heterocycles. The average molecular weight is 337 g/mol. The van der Waals surface area contributed by atoms with Crippen LogP contribution in [0, 0.1) is 6.92 Å². The van der Waals surface area contributed by atoms with Gasteiger partial charge in [-0.3, -0.25) is 10.1 Å². The molecule has 0 aliphatic carbocycles. The second-order valence-electron chi connectivity index (χ2n) is 6.14. The van der Waals surface area contributed by atoms with Crippen LogP contribution in [0.4, 0.5) is 5.69 Å². The van der Waals surface area contributed by atoms with E-state index in [4.69, 9.17) is 4.74 Å². The molecule has 0 radical (unpaired) electrons. The standard InChI is InChI=1S/C20H23N3O2/c1-15-7-5-8-16(13-15)19(24)23-20(21-14-18-11-6-12-25-18)22-17-9-3-2-4-10-17/h2-5,7-10,13,18H,6,11-12,14H2,1H3,(H2,21,22,23,24). The molecule has 1 aliphatic heterocycles. The fraction of sp³-hybridized carbons (Fsp3) is 0.300. The summed E-state index contributed by atoms with van der Waals surface area (Å²) in [7, 11) is 0. The predicted molar refractivity (Wildman–Crippen MR) is 100.0 cm³/mol. The molecule has 1 aliphatic rings. The van der Waals surface area contributed by atoms with Crippen LogP contribution in [0.25, 0.3) is 0 Å². The van der Waals surface area contributed by atoms with Gasteiger partial charge in [-0.25, -0.2) is 4.99 Å². The molecule has 2 aromatic carbocycles. The maximum Gasteiger partial charge on any atom is 0.257 e. The molecule has 5 nitrogen and oxygen atoms in total. The van der Waals surface area contributed by atoms with E-state index in [9.17, 15) is 4.79 Å². The zero-order valence-corrected chi connectivity index (χ0v) is 14.4. The Hall–Kier alpha value is -2.66. The topological polar surface area (TPSA) is 62.7 Å². The van der Waals surface area contributed by atoms with E-state index in [2.05, 4.69) is 15.6 Å². The summed E-state index contributed by atoms with van der Waals surface area (Å²) in [5.41, 5.74) is 2.53. The number of rotatable bonds is 4. The highest BCUT2D eigenvalue weighted by atomic mass is 16.5. The maximum atomic E-state index is 12.5. The Labute approximate surface area is 148 Å². The van der Waals surface area contributed by atoms with Crippen molar-refractivity contribution >= 4 is 17.6 Å². The molecule has 0 bridgehead atoms. The number of carbonyl (C=O) groups excluding carboxylic acids is 1. The van der Waals surface area contributed by atoms with E-state index in [1.807, 2.05) is 55.5 Å². The van der Waals surface area contributed by atoms with Gasteiger partial charge in [0.2, 0.25) is 5.96 Å². The average Bonchev–Trinajstić information content (AvgIpc) is 3.14. The smallest absolute Gasteiger partial charge is 0.257 e. The number of anilines is 1. The number of amides is 1. The highest BCUT2D eigenvalue weighted by molar-refractivity contribution is 6.10. The first-order valence-electron chi connectivity index (χ1n) is 8.57. The van der Waals surface area contributed by atoms with Crippen molar-refractivity contribution in [3.8, 4) is 0 Å². The fourth-order valence-corrected chi connectivity index (χ4v) is 2.72. The molecule has 2 aromatic rings. The molecule has 2 N–H and O–H groups in total. The number of nitrogens with zero attached hydrogens (tertiary/aromatic N) is 1. The van der Waals surface area contributed by atoms with Crippen molar-refractivity contribution in [3.05, 3.63) is 65.7 Å². The first kappa shape index (κ1) is 17.2. The normalized spacial score (nSPS) is 17.3. The molecule has 130 valence electrons. The Kier molecular flexibility index (Phi) is 5.80. The number of carbonyl (C=O) groups is 1. The van der Waals surface area contributed by atoms with Gasteiger partial charge in [0.25, 0.3) is 5.91 Å². The number of guanidine groups is 1. The summed E-state index contributed by atoms with van der Waals surface area (Å²) in [5.74, 6) is 0.256.